The van der Waals surface area contributed by atoms with E-state index in [2.05, 4.69) is 39.8 Å². The number of hydrogen-bond donors (Lipinski definition) is 0. The summed E-state index contributed by atoms with van der Waals surface area (Å²) >= 11 is 0. The molecule has 0 spiro atoms. The van der Waals surface area contributed by atoms with Crippen molar-refractivity contribution in [1.29, 1.82) is 0 Å². The standard InChI is InChI=1S/C23H31N3O6S/c1-16-21(24-15-25-22(16)31-19-9-11-26(12-10-19)23(2,3)4)30-18-7-5-17(6-8-18)13-20-14-29-33(27,28)32-20/h5-8,15,19-20H,9-14H2,1-4H3. The van der Waals surface area contributed by atoms with Crippen LogP contribution in [0, 0.1) is 6.92 Å². The number of ether oxygens (including phenoxy) is 2. The predicted octanol–water partition coefficient (Wildman–Crippen LogP) is 3.42. The first-order valence-corrected chi connectivity index (χ1v) is 12.5. The third-order valence-electron chi connectivity index (χ3n) is 5.91. The van der Waals surface area contributed by atoms with Gasteiger partial charge in [0.1, 0.15) is 24.3 Å². The summed E-state index contributed by atoms with van der Waals surface area (Å²) in [6.07, 6.45) is 3.40. The minimum Gasteiger partial charge on any atom is -0.474 e. The van der Waals surface area contributed by atoms with Gasteiger partial charge in [0, 0.05) is 25.0 Å². The van der Waals surface area contributed by atoms with Crippen LogP contribution in [-0.2, 0) is 25.2 Å². The molecule has 33 heavy (non-hydrogen) atoms. The van der Waals surface area contributed by atoms with Gasteiger partial charge in [-0.1, -0.05) is 12.1 Å². The topological polar surface area (TPSA) is 100 Å². The molecule has 4 rings (SSSR count). The van der Waals surface area contributed by atoms with Crippen molar-refractivity contribution in [3.63, 3.8) is 0 Å². The average molecular weight is 478 g/mol. The van der Waals surface area contributed by atoms with Gasteiger partial charge in [0.05, 0.1) is 12.2 Å². The molecule has 0 bridgehead atoms. The van der Waals surface area contributed by atoms with E-state index < -0.39 is 16.5 Å². The van der Waals surface area contributed by atoms with Gasteiger partial charge >= 0.3 is 10.4 Å². The van der Waals surface area contributed by atoms with Gasteiger partial charge in [-0.05, 0) is 58.2 Å². The Morgan fingerprint density at radius 2 is 1.76 bits per heavy atom. The molecule has 180 valence electrons. The van der Waals surface area contributed by atoms with E-state index in [1.54, 1.807) is 0 Å². The Hall–Kier alpha value is -2.27. The smallest absolute Gasteiger partial charge is 0.400 e. The van der Waals surface area contributed by atoms with Crippen LogP contribution < -0.4 is 9.47 Å². The summed E-state index contributed by atoms with van der Waals surface area (Å²) in [5.74, 6) is 1.60. The summed E-state index contributed by atoms with van der Waals surface area (Å²) < 4.78 is 44.1. The Kier molecular flexibility index (Phi) is 6.90. The van der Waals surface area contributed by atoms with E-state index in [9.17, 15) is 8.42 Å². The van der Waals surface area contributed by atoms with Gasteiger partial charge in [0.2, 0.25) is 11.8 Å². The number of piperidine rings is 1. The first-order valence-electron chi connectivity index (χ1n) is 11.2. The molecule has 1 aromatic heterocycles. The molecule has 3 heterocycles. The molecule has 0 radical (unpaired) electrons. The zero-order valence-corrected chi connectivity index (χ0v) is 20.3. The minimum absolute atomic E-state index is 0.0265. The molecular formula is C23H31N3O6S. The molecule has 2 fully saturated rings. The molecule has 10 heteroatoms. The third kappa shape index (κ3) is 6.20. The summed E-state index contributed by atoms with van der Waals surface area (Å²) in [6, 6.07) is 7.34. The summed E-state index contributed by atoms with van der Waals surface area (Å²) in [4.78, 5) is 11.1. The zero-order valence-electron chi connectivity index (χ0n) is 19.5. The minimum atomic E-state index is -3.85. The third-order valence-corrected chi connectivity index (χ3v) is 6.85. The van der Waals surface area contributed by atoms with Crippen LogP contribution in [-0.4, -0.2) is 60.7 Å². The van der Waals surface area contributed by atoms with Crippen molar-refractivity contribution >= 4 is 10.4 Å². The van der Waals surface area contributed by atoms with Gasteiger partial charge in [-0.3, -0.25) is 4.90 Å². The Labute approximate surface area is 195 Å². The molecule has 9 nitrogen and oxygen atoms in total. The van der Waals surface area contributed by atoms with Crippen molar-refractivity contribution in [3.05, 3.63) is 41.7 Å². The van der Waals surface area contributed by atoms with Crippen LogP contribution in [0.4, 0.5) is 0 Å². The van der Waals surface area contributed by atoms with Crippen LogP contribution in [0.2, 0.25) is 0 Å². The molecule has 0 amide bonds. The second kappa shape index (κ2) is 9.54. The van der Waals surface area contributed by atoms with E-state index in [-0.39, 0.29) is 18.2 Å². The maximum absolute atomic E-state index is 11.2. The number of hydrogen-bond acceptors (Lipinski definition) is 9. The molecule has 2 aliphatic heterocycles. The van der Waals surface area contributed by atoms with Gasteiger partial charge in [-0.25, -0.2) is 18.3 Å². The lowest BCUT2D eigenvalue weighted by atomic mass is 9.99. The lowest BCUT2D eigenvalue weighted by Crippen LogP contribution is -2.48. The van der Waals surface area contributed by atoms with Crippen molar-refractivity contribution in [2.45, 2.75) is 64.7 Å². The first-order chi connectivity index (χ1) is 15.6. The maximum Gasteiger partial charge on any atom is 0.400 e. The largest absolute Gasteiger partial charge is 0.474 e. The molecule has 2 aromatic rings. The SMILES string of the molecule is Cc1c(Oc2ccc(CC3COS(=O)(=O)O3)cc2)ncnc1OC1CCN(C(C)(C)C)CC1. The first kappa shape index (κ1) is 23.9. The predicted molar refractivity (Wildman–Crippen MR) is 122 cm³/mol. The highest BCUT2D eigenvalue weighted by atomic mass is 32.3. The second-order valence-electron chi connectivity index (χ2n) is 9.45. The molecule has 2 saturated heterocycles. The van der Waals surface area contributed by atoms with Gasteiger partial charge in [-0.2, -0.15) is 8.42 Å². The van der Waals surface area contributed by atoms with Crippen molar-refractivity contribution in [2.75, 3.05) is 19.7 Å². The Morgan fingerprint density at radius 1 is 1.09 bits per heavy atom. The fourth-order valence-corrected chi connectivity index (χ4v) is 4.82. The van der Waals surface area contributed by atoms with E-state index in [1.165, 1.54) is 6.33 Å². The highest BCUT2D eigenvalue weighted by Gasteiger charge is 2.30. The number of likely N-dealkylation sites (tertiary alicyclic amines) is 1. The Bertz CT molecular complexity index is 1060. The number of nitrogens with zero attached hydrogens (tertiary/aromatic N) is 3. The van der Waals surface area contributed by atoms with Crippen molar-refractivity contribution in [1.82, 2.24) is 14.9 Å². The van der Waals surface area contributed by atoms with Crippen LogP contribution in [0.5, 0.6) is 17.5 Å². The average Bonchev–Trinajstić information content (AvgIpc) is 3.10. The van der Waals surface area contributed by atoms with Crippen LogP contribution >= 0.6 is 0 Å². The van der Waals surface area contributed by atoms with E-state index >= 15 is 0 Å². The van der Waals surface area contributed by atoms with Gasteiger partial charge in [-0.15, -0.1) is 0 Å². The Balaban J connectivity index is 1.35. The number of rotatable bonds is 6. The number of benzene rings is 1. The molecule has 0 saturated carbocycles. The van der Waals surface area contributed by atoms with Crippen LogP contribution in [0.3, 0.4) is 0 Å². The van der Waals surface area contributed by atoms with Gasteiger partial charge in [0.25, 0.3) is 0 Å². The quantitative estimate of drug-likeness (QED) is 0.619. The van der Waals surface area contributed by atoms with Crippen molar-refractivity contribution in [2.24, 2.45) is 0 Å². The summed E-state index contributed by atoms with van der Waals surface area (Å²) in [5.41, 5.74) is 1.83. The van der Waals surface area contributed by atoms with Crippen LogP contribution in [0.25, 0.3) is 0 Å². The van der Waals surface area contributed by atoms with Crippen LogP contribution in [0.1, 0.15) is 44.7 Å². The van der Waals surface area contributed by atoms with Gasteiger partial charge in [0.15, 0.2) is 0 Å². The Morgan fingerprint density at radius 3 is 2.36 bits per heavy atom. The molecular weight excluding hydrogens is 446 g/mol. The normalized spacial score (nSPS) is 21.8. The van der Waals surface area contributed by atoms with Gasteiger partial charge < -0.3 is 9.47 Å². The summed E-state index contributed by atoms with van der Waals surface area (Å²) in [6.45, 7) is 10.6. The molecule has 1 unspecified atom stereocenters. The summed E-state index contributed by atoms with van der Waals surface area (Å²) in [7, 11) is -3.85. The maximum atomic E-state index is 11.2. The fraction of sp³-hybridized carbons (Fsp3) is 0.565. The lowest BCUT2D eigenvalue weighted by Gasteiger charge is -2.40. The molecule has 1 aromatic carbocycles. The zero-order chi connectivity index (χ0) is 23.6. The van der Waals surface area contributed by atoms with Crippen LogP contribution in [0.15, 0.2) is 30.6 Å². The highest BCUT2D eigenvalue weighted by Crippen LogP contribution is 2.30. The van der Waals surface area contributed by atoms with E-state index in [0.29, 0.717) is 23.9 Å². The van der Waals surface area contributed by atoms with E-state index in [0.717, 1.165) is 37.1 Å². The lowest BCUT2D eigenvalue weighted by molar-refractivity contribution is 0.0467. The van der Waals surface area contributed by atoms with E-state index in [4.69, 9.17) is 13.7 Å². The monoisotopic (exact) mass is 477 g/mol. The van der Waals surface area contributed by atoms with E-state index in [1.807, 2.05) is 31.2 Å². The fourth-order valence-electron chi connectivity index (χ4n) is 3.99. The molecule has 1 atom stereocenters. The molecule has 0 aliphatic carbocycles. The summed E-state index contributed by atoms with van der Waals surface area (Å²) in [5, 5.41) is 0. The molecule has 0 N–H and O–H groups in total. The van der Waals surface area contributed by atoms with Crippen molar-refractivity contribution < 1.29 is 26.3 Å². The second-order valence-corrected chi connectivity index (χ2v) is 10.7. The highest BCUT2D eigenvalue weighted by molar-refractivity contribution is 7.82. The molecule has 2 aliphatic rings. The van der Waals surface area contributed by atoms with Crippen molar-refractivity contribution in [3.8, 4) is 17.5 Å². The number of aromatic nitrogens is 2.